The van der Waals surface area contributed by atoms with Crippen molar-refractivity contribution in [1.82, 2.24) is 14.5 Å². The summed E-state index contributed by atoms with van der Waals surface area (Å²) in [5.74, 6) is 0.760. The zero-order chi connectivity index (χ0) is 36.8. The monoisotopic (exact) mass is 864 g/mol. The van der Waals surface area contributed by atoms with Gasteiger partial charge in [0, 0.05) is 40.1 Å². The van der Waals surface area contributed by atoms with Gasteiger partial charge in [-0.25, -0.2) is 0 Å². The van der Waals surface area contributed by atoms with E-state index in [-0.39, 0.29) is 26.0 Å². The number of rotatable bonds is 6. The summed E-state index contributed by atoms with van der Waals surface area (Å²) in [4.78, 5) is 9.62. The van der Waals surface area contributed by atoms with Crippen LogP contribution in [0, 0.1) is 31.9 Å². The molecule has 8 rings (SSSR count). The summed E-state index contributed by atoms with van der Waals surface area (Å²) in [6.45, 7) is 14.9. The van der Waals surface area contributed by atoms with Crippen LogP contribution in [0.5, 0.6) is 0 Å². The Morgan fingerprint density at radius 3 is 2.27 bits per heavy atom. The van der Waals surface area contributed by atoms with E-state index in [4.69, 9.17) is 12.1 Å². The minimum Gasteiger partial charge on any atom is -0.501 e. The Morgan fingerprint density at radius 2 is 1.55 bits per heavy atom. The average Bonchev–Trinajstić information content (AvgIpc) is 3.70. The first-order valence-corrected chi connectivity index (χ1v) is 20.7. The molecule has 1 radical (unpaired) electrons. The van der Waals surface area contributed by atoms with Gasteiger partial charge >= 0.3 is 0 Å². The molecule has 0 saturated heterocycles. The Hall–Kier alpha value is -4.61. The molecule has 3 aromatic heterocycles. The number of fused-ring (bicyclic) bond motifs is 4. The number of benzene rings is 5. The largest absolute Gasteiger partial charge is 0.501 e. The predicted molar refractivity (Wildman–Crippen MR) is 212 cm³/mol. The van der Waals surface area contributed by atoms with Crippen molar-refractivity contribution in [3.05, 3.63) is 144 Å². The molecular formula is C45H43IrN3OSi-2. The molecular weight excluding hydrogens is 819 g/mol. The van der Waals surface area contributed by atoms with E-state index in [1.165, 1.54) is 11.1 Å². The maximum absolute atomic E-state index is 8.55. The van der Waals surface area contributed by atoms with E-state index in [0.29, 0.717) is 0 Å². The smallest absolute Gasteiger partial charge is 0.120 e. The number of aromatic nitrogens is 3. The van der Waals surface area contributed by atoms with Gasteiger partial charge in [-0.3, -0.25) is 4.98 Å². The average molecular weight is 864 g/mol. The Morgan fingerprint density at radius 1 is 0.824 bits per heavy atom. The van der Waals surface area contributed by atoms with E-state index in [0.717, 1.165) is 72.1 Å². The summed E-state index contributed by atoms with van der Waals surface area (Å²) in [7, 11) is -1.67. The van der Waals surface area contributed by atoms with Gasteiger partial charge in [-0.15, -0.1) is 54.1 Å². The number of aryl methyl sites for hydroxylation is 2. The van der Waals surface area contributed by atoms with Crippen LogP contribution >= 0.6 is 0 Å². The fourth-order valence-corrected chi connectivity index (χ4v) is 8.02. The normalized spacial score (nSPS) is 12.4. The van der Waals surface area contributed by atoms with Gasteiger partial charge < -0.3 is 14.0 Å². The number of hydrogen-bond acceptors (Lipinski definition) is 3. The first kappa shape index (κ1) is 33.5. The summed E-state index contributed by atoms with van der Waals surface area (Å²) in [6.07, 6.45) is 0.528. The Bertz CT molecular complexity index is 2530. The van der Waals surface area contributed by atoms with Crippen molar-refractivity contribution >= 4 is 46.2 Å². The number of imidazole rings is 1. The first-order chi connectivity index (χ1) is 24.9. The zero-order valence-electron chi connectivity index (χ0n) is 32.1. The molecule has 4 nitrogen and oxygen atoms in total. The molecule has 0 aliphatic rings. The van der Waals surface area contributed by atoms with Gasteiger partial charge in [0.2, 0.25) is 0 Å². The zero-order valence-corrected chi connectivity index (χ0v) is 33.5. The molecule has 0 N–H and O–H groups in total. The third kappa shape index (κ3) is 7.27. The van der Waals surface area contributed by atoms with Crippen LogP contribution in [0.2, 0.25) is 19.6 Å². The maximum Gasteiger partial charge on any atom is 0.120 e. The summed E-state index contributed by atoms with van der Waals surface area (Å²) in [5, 5.41) is 3.29. The molecule has 6 heteroatoms. The van der Waals surface area contributed by atoms with Crippen molar-refractivity contribution in [2.75, 3.05) is 0 Å². The van der Waals surface area contributed by atoms with E-state index in [1.54, 1.807) is 0 Å². The minimum absolute atomic E-state index is 0. The number of pyridine rings is 1. The molecule has 0 spiro atoms. The van der Waals surface area contributed by atoms with Gasteiger partial charge in [0.25, 0.3) is 0 Å². The molecule has 0 aliphatic carbocycles. The van der Waals surface area contributed by atoms with Crippen molar-refractivity contribution in [1.29, 1.82) is 0 Å². The summed E-state index contributed by atoms with van der Waals surface area (Å²) >= 11 is 0. The first-order valence-electron chi connectivity index (χ1n) is 18.2. The predicted octanol–water partition coefficient (Wildman–Crippen LogP) is 11.3. The third-order valence-corrected chi connectivity index (χ3v) is 10.9. The number of para-hydroxylation sites is 4. The second-order valence-electron chi connectivity index (χ2n) is 14.1. The maximum atomic E-state index is 8.55. The van der Waals surface area contributed by atoms with Crippen LogP contribution in [0.1, 0.15) is 33.3 Å². The summed E-state index contributed by atoms with van der Waals surface area (Å²) in [5.41, 5.74) is 10.7. The fraction of sp³-hybridized carbons (Fsp3) is 0.200. The number of furan rings is 1. The minimum atomic E-state index is -1.67. The van der Waals surface area contributed by atoms with E-state index < -0.39 is 14.4 Å². The van der Waals surface area contributed by atoms with Gasteiger partial charge in [-0.1, -0.05) is 105 Å². The van der Waals surface area contributed by atoms with E-state index in [2.05, 4.69) is 104 Å². The van der Waals surface area contributed by atoms with Crippen LogP contribution in [0.4, 0.5) is 0 Å². The molecule has 0 bridgehead atoms. The molecule has 0 fully saturated rings. The van der Waals surface area contributed by atoms with E-state index in [9.17, 15) is 0 Å². The van der Waals surface area contributed by atoms with Crippen molar-refractivity contribution < 1.29 is 27.3 Å². The molecule has 8 aromatic rings. The number of hydrogen-bond donors (Lipinski definition) is 0. The molecule has 0 atom stereocenters. The second kappa shape index (κ2) is 14.9. The molecule has 3 heterocycles. The van der Waals surface area contributed by atoms with Crippen LogP contribution in [-0.4, -0.2) is 22.6 Å². The van der Waals surface area contributed by atoms with Crippen molar-refractivity contribution in [3.8, 4) is 28.3 Å². The topological polar surface area (TPSA) is 43.9 Å². The van der Waals surface area contributed by atoms with Crippen LogP contribution < -0.4 is 5.19 Å². The Labute approximate surface area is 318 Å². The Kier molecular flexibility index (Phi) is 9.82. The van der Waals surface area contributed by atoms with Gasteiger partial charge in [0.1, 0.15) is 5.58 Å². The summed E-state index contributed by atoms with van der Waals surface area (Å²) in [6, 6.07) is 43.1. The van der Waals surface area contributed by atoms with Crippen LogP contribution in [0.15, 0.2) is 120 Å². The molecule has 0 saturated carbocycles. The van der Waals surface area contributed by atoms with Gasteiger partial charge in [0.15, 0.2) is 0 Å². The standard InChI is InChI=1S/C27H19N2O.C18H24NSi.Ir/c1-17-9-7-10-18(2)25(17)29-23-15-5-4-14-22(23)28-27(29)21-13-8-12-20-19-11-3-6-16-24(19)30-26(20)21;1-14(2)11-16-12-17(15-9-7-6-8-10-15)19-13-18(16)20(3,4)5;/h3-12,14-16H,1-2H3;6-9,12-14H,11H2,1-5H3;/q2*-1;/i;11D2;. The van der Waals surface area contributed by atoms with Crippen molar-refractivity contribution in [2.24, 2.45) is 5.92 Å². The van der Waals surface area contributed by atoms with E-state index >= 15 is 0 Å². The molecule has 51 heavy (non-hydrogen) atoms. The van der Waals surface area contributed by atoms with Crippen molar-refractivity contribution in [3.63, 3.8) is 0 Å². The molecule has 0 unspecified atom stereocenters. The second-order valence-corrected chi connectivity index (χ2v) is 19.2. The van der Waals surface area contributed by atoms with Gasteiger partial charge in [-0.2, -0.15) is 0 Å². The fourth-order valence-electron chi connectivity index (χ4n) is 6.62. The van der Waals surface area contributed by atoms with Gasteiger partial charge in [0.05, 0.1) is 30.5 Å². The van der Waals surface area contributed by atoms with Crippen LogP contribution in [0.3, 0.4) is 0 Å². The van der Waals surface area contributed by atoms with Gasteiger partial charge in [-0.05, 0) is 66.3 Å². The van der Waals surface area contributed by atoms with Crippen molar-refractivity contribution in [2.45, 2.75) is 53.7 Å². The quantitative estimate of drug-likeness (QED) is 0.124. The third-order valence-electron chi connectivity index (χ3n) is 8.93. The molecule has 259 valence electrons. The number of nitrogens with zero attached hydrogens (tertiary/aromatic N) is 3. The van der Waals surface area contributed by atoms with Crippen LogP contribution in [-0.2, 0) is 26.5 Å². The van der Waals surface area contributed by atoms with E-state index in [1.807, 2.05) is 80.7 Å². The molecule has 0 aliphatic heterocycles. The summed E-state index contributed by atoms with van der Waals surface area (Å²) < 4.78 is 25.7. The molecule has 5 aromatic carbocycles. The molecule has 0 amide bonds. The Balaban J connectivity index is 0.000000188. The van der Waals surface area contributed by atoms with Crippen LogP contribution in [0.25, 0.3) is 61.3 Å². The SMILES string of the molecule is Cc1cccc(C)c1-n1c(-c2[c-]ccc3c2oc2ccccc23)nc2ccccc21.[2H]C([2H])(c1cc(-c2[c-]cccc2)ncc1[Si](C)(C)C)C(C)C.[Ir].